The van der Waals surface area contributed by atoms with Crippen molar-refractivity contribution in [1.29, 1.82) is 0 Å². The van der Waals surface area contributed by atoms with Crippen LogP contribution < -0.4 is 5.32 Å². The Bertz CT molecular complexity index is 789. The van der Waals surface area contributed by atoms with Gasteiger partial charge in [0.1, 0.15) is 6.04 Å². The highest BCUT2D eigenvalue weighted by Crippen LogP contribution is 2.14. The molecule has 3 rings (SSSR count). The van der Waals surface area contributed by atoms with Gasteiger partial charge in [-0.25, -0.2) is 0 Å². The molecule has 150 valence electrons. The fourth-order valence-electron chi connectivity index (χ4n) is 3.69. The highest BCUT2D eigenvalue weighted by molar-refractivity contribution is 5.88. The lowest BCUT2D eigenvalue weighted by Crippen LogP contribution is -2.60. The molecule has 0 bridgehead atoms. The van der Waals surface area contributed by atoms with E-state index in [2.05, 4.69) is 27.4 Å². The molecule has 1 atom stereocenters. The van der Waals surface area contributed by atoms with Gasteiger partial charge in [0, 0.05) is 58.6 Å². The minimum atomic E-state index is -0.437. The molecule has 1 aliphatic rings. The van der Waals surface area contributed by atoms with E-state index in [0.717, 1.165) is 25.2 Å². The third-order valence-corrected chi connectivity index (χ3v) is 5.41. The van der Waals surface area contributed by atoms with Crippen LogP contribution in [0.2, 0.25) is 0 Å². The van der Waals surface area contributed by atoms with Gasteiger partial charge in [0.25, 0.3) is 0 Å². The molecule has 2 heterocycles. The Kier molecular flexibility index (Phi) is 6.81. The Morgan fingerprint density at radius 3 is 2.61 bits per heavy atom. The molecule has 1 fully saturated rings. The molecule has 1 N–H and O–H groups in total. The summed E-state index contributed by atoms with van der Waals surface area (Å²) in [5.74, 6) is -0.0733. The molecule has 7 heteroatoms. The van der Waals surface area contributed by atoms with E-state index in [0.29, 0.717) is 25.9 Å². The highest BCUT2D eigenvalue weighted by atomic mass is 16.2. The van der Waals surface area contributed by atoms with E-state index >= 15 is 0 Å². The van der Waals surface area contributed by atoms with Crippen LogP contribution in [0.15, 0.2) is 42.6 Å². The predicted octanol–water partition coefficient (Wildman–Crippen LogP) is 0.854. The van der Waals surface area contributed by atoms with E-state index in [1.807, 2.05) is 31.3 Å². The van der Waals surface area contributed by atoms with Gasteiger partial charge >= 0.3 is 0 Å². The largest absolute Gasteiger partial charge is 0.357 e. The highest BCUT2D eigenvalue weighted by Gasteiger charge is 2.34. The van der Waals surface area contributed by atoms with E-state index in [-0.39, 0.29) is 11.8 Å². The van der Waals surface area contributed by atoms with Crippen LogP contribution in [0.4, 0.5) is 0 Å². The molecule has 1 saturated heterocycles. The van der Waals surface area contributed by atoms with Crippen LogP contribution in [0.5, 0.6) is 0 Å². The van der Waals surface area contributed by atoms with Crippen LogP contribution in [0.25, 0.3) is 0 Å². The fraction of sp³-hybridized carbons (Fsp3) is 0.476. The maximum absolute atomic E-state index is 12.8. The van der Waals surface area contributed by atoms with Crippen molar-refractivity contribution in [3.8, 4) is 0 Å². The van der Waals surface area contributed by atoms with Crippen LogP contribution in [0, 0.1) is 0 Å². The number of amides is 2. The van der Waals surface area contributed by atoms with Gasteiger partial charge in [0.05, 0.1) is 0 Å². The van der Waals surface area contributed by atoms with Crippen molar-refractivity contribution in [1.82, 2.24) is 24.9 Å². The van der Waals surface area contributed by atoms with Crippen molar-refractivity contribution in [2.24, 2.45) is 7.05 Å². The summed E-state index contributed by atoms with van der Waals surface area (Å²) >= 11 is 0. The molecule has 2 amide bonds. The van der Waals surface area contributed by atoms with E-state index in [1.54, 1.807) is 22.8 Å². The molecule has 0 aliphatic carbocycles. The van der Waals surface area contributed by atoms with Crippen LogP contribution in [0.3, 0.4) is 0 Å². The summed E-state index contributed by atoms with van der Waals surface area (Å²) in [6.07, 6.45) is 3.69. The molecule has 7 nitrogen and oxygen atoms in total. The molecule has 1 unspecified atom stereocenters. The summed E-state index contributed by atoms with van der Waals surface area (Å²) in [7, 11) is 3.50. The first kappa shape index (κ1) is 20.1. The van der Waals surface area contributed by atoms with Gasteiger partial charge in [0.15, 0.2) is 0 Å². The molecule has 1 aromatic carbocycles. The topological polar surface area (TPSA) is 70.5 Å². The Morgan fingerprint density at radius 1 is 1.14 bits per heavy atom. The van der Waals surface area contributed by atoms with Crippen molar-refractivity contribution in [2.75, 3.05) is 33.2 Å². The number of rotatable bonds is 7. The monoisotopic (exact) mass is 383 g/mol. The minimum absolute atomic E-state index is 0.0255. The second kappa shape index (κ2) is 9.50. The van der Waals surface area contributed by atoms with Gasteiger partial charge < -0.3 is 10.2 Å². The van der Waals surface area contributed by atoms with Gasteiger partial charge in [-0.3, -0.25) is 19.2 Å². The number of nitrogens with one attached hydrogen (secondary N) is 1. The average molecular weight is 383 g/mol. The fourth-order valence-corrected chi connectivity index (χ4v) is 3.69. The van der Waals surface area contributed by atoms with Crippen LogP contribution in [0.1, 0.15) is 17.7 Å². The van der Waals surface area contributed by atoms with Gasteiger partial charge in [-0.2, -0.15) is 5.10 Å². The molecule has 1 aliphatic heterocycles. The third kappa shape index (κ3) is 4.98. The number of nitrogens with zero attached hydrogens (tertiary/aromatic N) is 4. The van der Waals surface area contributed by atoms with Crippen LogP contribution >= 0.6 is 0 Å². The molecule has 1 aromatic heterocycles. The number of aryl methyl sites for hydroxylation is 2. The summed E-state index contributed by atoms with van der Waals surface area (Å²) in [5.41, 5.74) is 2.31. The lowest BCUT2D eigenvalue weighted by Gasteiger charge is -2.40. The van der Waals surface area contributed by atoms with Gasteiger partial charge in [0.2, 0.25) is 11.8 Å². The summed E-state index contributed by atoms with van der Waals surface area (Å²) in [6.45, 7) is 2.83. The standard InChI is InChI=1S/C21H29N5O2/c1-22-21(28)19-16-25(13-11-17-6-4-3-5-7-17)14-15-26(19)20(27)9-8-18-10-12-23-24(18)2/h3-7,10,12,19H,8-9,11,13-16H2,1-2H3,(H,22,28). The van der Waals surface area contributed by atoms with Crippen molar-refractivity contribution in [3.05, 3.63) is 53.9 Å². The normalized spacial score (nSPS) is 17.5. The Labute approximate surface area is 166 Å². The molecule has 2 aromatic rings. The first-order valence-electron chi connectivity index (χ1n) is 9.82. The molecular weight excluding hydrogens is 354 g/mol. The summed E-state index contributed by atoms with van der Waals surface area (Å²) in [6, 6.07) is 11.8. The van der Waals surface area contributed by atoms with Crippen LogP contribution in [-0.2, 0) is 29.5 Å². The minimum Gasteiger partial charge on any atom is -0.357 e. The van der Waals surface area contributed by atoms with Crippen molar-refractivity contribution < 1.29 is 9.59 Å². The Balaban J connectivity index is 1.58. The van der Waals surface area contributed by atoms with Crippen molar-refractivity contribution in [2.45, 2.75) is 25.3 Å². The number of carbonyl (C=O) groups is 2. The molecule has 0 saturated carbocycles. The number of hydrogen-bond acceptors (Lipinski definition) is 4. The zero-order chi connectivity index (χ0) is 19.9. The quantitative estimate of drug-likeness (QED) is 0.770. The third-order valence-electron chi connectivity index (χ3n) is 5.41. The summed E-state index contributed by atoms with van der Waals surface area (Å²) in [4.78, 5) is 29.3. The number of hydrogen-bond donors (Lipinski definition) is 1. The van der Waals surface area contributed by atoms with E-state index in [9.17, 15) is 9.59 Å². The van der Waals surface area contributed by atoms with Gasteiger partial charge in [-0.05, 0) is 24.5 Å². The predicted molar refractivity (Wildman–Crippen MR) is 108 cm³/mol. The Morgan fingerprint density at radius 2 is 1.93 bits per heavy atom. The Hall–Kier alpha value is -2.67. The lowest BCUT2D eigenvalue weighted by atomic mass is 10.1. The van der Waals surface area contributed by atoms with E-state index in [4.69, 9.17) is 0 Å². The average Bonchev–Trinajstić information content (AvgIpc) is 3.15. The summed E-state index contributed by atoms with van der Waals surface area (Å²) < 4.78 is 1.78. The first-order chi connectivity index (χ1) is 13.6. The zero-order valence-corrected chi connectivity index (χ0v) is 16.7. The van der Waals surface area contributed by atoms with Gasteiger partial charge in [-0.15, -0.1) is 0 Å². The number of piperazine rings is 1. The number of likely N-dealkylation sites (N-methyl/N-ethyl adjacent to an activating group) is 1. The molecule has 28 heavy (non-hydrogen) atoms. The second-order valence-corrected chi connectivity index (χ2v) is 7.20. The molecular formula is C21H29N5O2. The molecule has 0 spiro atoms. The molecule has 0 radical (unpaired) electrons. The SMILES string of the molecule is CNC(=O)C1CN(CCc2ccccc2)CCN1C(=O)CCc1ccnn1C. The van der Waals surface area contributed by atoms with E-state index < -0.39 is 6.04 Å². The first-order valence-corrected chi connectivity index (χ1v) is 9.82. The van der Waals surface area contributed by atoms with Crippen LogP contribution in [-0.4, -0.2) is 70.7 Å². The van der Waals surface area contributed by atoms with Gasteiger partial charge in [-0.1, -0.05) is 30.3 Å². The zero-order valence-electron chi connectivity index (χ0n) is 16.7. The number of benzene rings is 1. The van der Waals surface area contributed by atoms with Crippen molar-refractivity contribution in [3.63, 3.8) is 0 Å². The lowest BCUT2D eigenvalue weighted by molar-refractivity contribution is -0.143. The summed E-state index contributed by atoms with van der Waals surface area (Å²) in [5, 5.41) is 6.86. The maximum Gasteiger partial charge on any atom is 0.243 e. The number of aromatic nitrogens is 2. The van der Waals surface area contributed by atoms with Crippen molar-refractivity contribution >= 4 is 11.8 Å². The number of carbonyl (C=O) groups excluding carboxylic acids is 2. The van der Waals surface area contributed by atoms with E-state index in [1.165, 1.54) is 5.56 Å². The smallest absolute Gasteiger partial charge is 0.243 e. The maximum atomic E-state index is 12.8. The second-order valence-electron chi connectivity index (χ2n) is 7.20.